The molecule has 10 heteroatoms. The fourth-order valence-corrected chi connectivity index (χ4v) is 3.98. The number of fused-ring (bicyclic) bond motifs is 1. The fraction of sp³-hybridized carbons (Fsp3) is 0.684. The molecule has 2 aliphatic rings. The van der Waals surface area contributed by atoms with Gasteiger partial charge in [0.2, 0.25) is 11.8 Å². The van der Waals surface area contributed by atoms with Gasteiger partial charge in [-0.3, -0.25) is 9.59 Å². The number of nitrogens with two attached hydrogens (primary N) is 1. The minimum absolute atomic E-state index is 0.00695. The van der Waals surface area contributed by atoms with Crippen LogP contribution in [0.4, 0.5) is 13.2 Å². The van der Waals surface area contributed by atoms with Crippen molar-refractivity contribution in [2.24, 2.45) is 11.7 Å². The van der Waals surface area contributed by atoms with Gasteiger partial charge in [0.05, 0.1) is 12.2 Å². The molecule has 1 saturated heterocycles. The van der Waals surface area contributed by atoms with Crippen molar-refractivity contribution < 1.29 is 22.8 Å². The Labute approximate surface area is 167 Å². The van der Waals surface area contributed by atoms with Crippen LogP contribution >= 0.6 is 0 Å². The lowest BCUT2D eigenvalue weighted by molar-refractivity contribution is -0.142. The van der Waals surface area contributed by atoms with Gasteiger partial charge in [-0.25, -0.2) is 9.97 Å². The summed E-state index contributed by atoms with van der Waals surface area (Å²) >= 11 is 0. The first-order valence-electron chi connectivity index (χ1n) is 9.79. The van der Waals surface area contributed by atoms with E-state index in [4.69, 9.17) is 5.73 Å². The fourth-order valence-electron chi connectivity index (χ4n) is 3.98. The minimum atomic E-state index is -4.55. The number of nitrogens with zero attached hydrogens (tertiary/aromatic N) is 4. The van der Waals surface area contributed by atoms with Crippen molar-refractivity contribution in [1.82, 2.24) is 19.8 Å². The van der Waals surface area contributed by atoms with Gasteiger partial charge in [0, 0.05) is 44.1 Å². The van der Waals surface area contributed by atoms with E-state index in [0.29, 0.717) is 25.4 Å². The standard InChI is InChI=1S/C19H26F3N5O2/c1-11-3-4-16(28)27(8-11)9-13(23)7-17(29)26-6-5-14-15(10-26)24-12(2)25-18(14)19(20,21)22/h11,13H,3-10,23H2,1-2H3/t11-,13+/m1/s1. The maximum atomic E-state index is 13.2. The van der Waals surface area contributed by atoms with Crippen LogP contribution in [0.5, 0.6) is 0 Å². The van der Waals surface area contributed by atoms with E-state index >= 15 is 0 Å². The molecule has 2 amide bonds. The van der Waals surface area contributed by atoms with Crippen molar-refractivity contribution in [3.63, 3.8) is 0 Å². The zero-order valence-electron chi connectivity index (χ0n) is 16.6. The highest BCUT2D eigenvalue weighted by Crippen LogP contribution is 2.33. The normalized spacial score (nSPS) is 21.2. The van der Waals surface area contributed by atoms with Gasteiger partial charge in [0.25, 0.3) is 0 Å². The van der Waals surface area contributed by atoms with E-state index in [1.165, 1.54) is 11.8 Å². The zero-order valence-corrected chi connectivity index (χ0v) is 16.6. The van der Waals surface area contributed by atoms with E-state index in [1.54, 1.807) is 4.90 Å². The second-order valence-electron chi connectivity index (χ2n) is 8.01. The Bertz CT molecular complexity index is 799. The summed E-state index contributed by atoms with van der Waals surface area (Å²) in [6.45, 7) is 4.58. The molecular weight excluding hydrogens is 387 g/mol. The van der Waals surface area contributed by atoms with E-state index < -0.39 is 17.9 Å². The summed E-state index contributed by atoms with van der Waals surface area (Å²) in [6.07, 6.45) is -3.12. The van der Waals surface area contributed by atoms with Crippen molar-refractivity contribution in [3.05, 3.63) is 22.8 Å². The van der Waals surface area contributed by atoms with Gasteiger partial charge in [-0.2, -0.15) is 13.2 Å². The smallest absolute Gasteiger partial charge is 0.341 e. The van der Waals surface area contributed by atoms with E-state index in [-0.39, 0.29) is 54.8 Å². The monoisotopic (exact) mass is 413 g/mol. The molecule has 2 aliphatic heterocycles. The molecule has 3 heterocycles. The minimum Gasteiger partial charge on any atom is -0.341 e. The number of carbonyl (C=O) groups excluding carboxylic acids is 2. The summed E-state index contributed by atoms with van der Waals surface area (Å²) < 4.78 is 39.7. The highest BCUT2D eigenvalue weighted by atomic mass is 19.4. The molecule has 1 aromatic rings. The molecule has 1 fully saturated rings. The SMILES string of the molecule is Cc1nc2c(c(C(F)(F)F)n1)CCN(C(=O)C[C@H](N)CN1C[C@H](C)CCC1=O)C2. The van der Waals surface area contributed by atoms with Crippen molar-refractivity contribution in [1.29, 1.82) is 0 Å². The molecule has 29 heavy (non-hydrogen) atoms. The van der Waals surface area contributed by atoms with Crippen molar-refractivity contribution in [2.75, 3.05) is 19.6 Å². The number of alkyl halides is 3. The second kappa shape index (κ2) is 8.25. The van der Waals surface area contributed by atoms with Crippen LogP contribution in [0.3, 0.4) is 0 Å². The topological polar surface area (TPSA) is 92.4 Å². The van der Waals surface area contributed by atoms with Gasteiger partial charge in [-0.15, -0.1) is 0 Å². The third-order valence-electron chi connectivity index (χ3n) is 5.43. The Hall–Kier alpha value is -2.23. The van der Waals surface area contributed by atoms with E-state index in [0.717, 1.165) is 6.42 Å². The molecule has 0 spiro atoms. The third-order valence-corrected chi connectivity index (χ3v) is 5.43. The van der Waals surface area contributed by atoms with Gasteiger partial charge in [0.15, 0.2) is 5.69 Å². The largest absolute Gasteiger partial charge is 0.433 e. The highest BCUT2D eigenvalue weighted by molar-refractivity contribution is 5.78. The summed E-state index contributed by atoms with van der Waals surface area (Å²) in [4.78, 5) is 35.5. The number of likely N-dealkylation sites (tertiary alicyclic amines) is 1. The second-order valence-corrected chi connectivity index (χ2v) is 8.01. The van der Waals surface area contributed by atoms with Gasteiger partial charge in [0.1, 0.15) is 5.82 Å². The Morgan fingerprint density at radius 1 is 1.31 bits per heavy atom. The van der Waals surface area contributed by atoms with Crippen LogP contribution in [0.1, 0.15) is 49.0 Å². The number of piperidine rings is 1. The molecule has 1 aromatic heterocycles. The number of aryl methyl sites for hydroxylation is 1. The first-order chi connectivity index (χ1) is 13.5. The average Bonchev–Trinajstić information content (AvgIpc) is 2.62. The molecule has 2 N–H and O–H groups in total. The number of halogens is 3. The molecule has 0 saturated carbocycles. The lowest BCUT2D eigenvalue weighted by atomic mass is 9.98. The summed E-state index contributed by atoms with van der Waals surface area (Å²) in [5.74, 6) is 0.231. The maximum Gasteiger partial charge on any atom is 0.433 e. The Balaban J connectivity index is 1.63. The number of carbonyl (C=O) groups is 2. The number of hydrogen-bond acceptors (Lipinski definition) is 5. The quantitative estimate of drug-likeness (QED) is 0.811. The van der Waals surface area contributed by atoms with E-state index in [2.05, 4.69) is 16.9 Å². The third kappa shape index (κ3) is 5.04. The molecule has 0 aliphatic carbocycles. The van der Waals surface area contributed by atoms with Crippen LogP contribution in [0, 0.1) is 12.8 Å². The summed E-state index contributed by atoms with van der Waals surface area (Å²) in [6, 6.07) is -0.518. The zero-order chi connectivity index (χ0) is 21.3. The van der Waals surface area contributed by atoms with Crippen molar-refractivity contribution >= 4 is 11.8 Å². The predicted octanol–water partition coefficient (Wildman–Crippen LogP) is 1.66. The van der Waals surface area contributed by atoms with Crippen LogP contribution in [0.25, 0.3) is 0 Å². The van der Waals surface area contributed by atoms with Crippen molar-refractivity contribution in [2.45, 2.75) is 58.3 Å². The molecule has 3 rings (SSSR count). The molecule has 0 bridgehead atoms. The molecule has 160 valence electrons. The van der Waals surface area contributed by atoms with Gasteiger partial charge < -0.3 is 15.5 Å². The molecule has 7 nitrogen and oxygen atoms in total. The lowest BCUT2D eigenvalue weighted by Crippen LogP contribution is -2.48. The van der Waals surface area contributed by atoms with Gasteiger partial charge in [-0.1, -0.05) is 6.92 Å². The van der Waals surface area contributed by atoms with Crippen LogP contribution in [-0.2, 0) is 28.7 Å². The molecule has 2 atom stereocenters. The Morgan fingerprint density at radius 3 is 2.72 bits per heavy atom. The maximum absolute atomic E-state index is 13.2. The van der Waals surface area contributed by atoms with Crippen LogP contribution in [0.2, 0.25) is 0 Å². The number of amides is 2. The number of rotatable bonds is 4. The van der Waals surface area contributed by atoms with Gasteiger partial charge in [-0.05, 0) is 25.7 Å². The predicted molar refractivity (Wildman–Crippen MR) is 98.5 cm³/mol. The molecule has 0 radical (unpaired) electrons. The number of hydrogen-bond donors (Lipinski definition) is 1. The highest BCUT2D eigenvalue weighted by Gasteiger charge is 2.39. The van der Waals surface area contributed by atoms with E-state index in [9.17, 15) is 22.8 Å². The summed E-state index contributed by atoms with van der Waals surface area (Å²) in [5.41, 5.74) is 5.48. The van der Waals surface area contributed by atoms with Gasteiger partial charge >= 0.3 is 6.18 Å². The van der Waals surface area contributed by atoms with Crippen molar-refractivity contribution in [3.8, 4) is 0 Å². The molecular formula is C19H26F3N5O2. The van der Waals surface area contributed by atoms with Crippen LogP contribution in [0.15, 0.2) is 0 Å². The average molecular weight is 413 g/mol. The Morgan fingerprint density at radius 2 is 2.03 bits per heavy atom. The summed E-state index contributed by atoms with van der Waals surface area (Å²) in [7, 11) is 0. The molecule has 0 aromatic carbocycles. The summed E-state index contributed by atoms with van der Waals surface area (Å²) in [5, 5.41) is 0. The van der Waals surface area contributed by atoms with Crippen LogP contribution < -0.4 is 5.73 Å². The van der Waals surface area contributed by atoms with Crippen LogP contribution in [-0.4, -0.2) is 57.3 Å². The lowest BCUT2D eigenvalue weighted by Gasteiger charge is -2.34. The Kier molecular flexibility index (Phi) is 6.11. The number of aromatic nitrogens is 2. The molecule has 0 unspecified atom stereocenters. The van der Waals surface area contributed by atoms with E-state index in [1.807, 2.05) is 0 Å². The first-order valence-corrected chi connectivity index (χ1v) is 9.79. The first kappa shape index (κ1) is 21.5.